The molecular weight excluding hydrogens is 333 g/mol. The van der Waals surface area contributed by atoms with Crippen molar-refractivity contribution in [2.45, 2.75) is 6.54 Å². The molecule has 0 bridgehead atoms. The van der Waals surface area contributed by atoms with E-state index in [1.54, 1.807) is 25.2 Å². The molecular formula is C11H12IN3O2. The SMILES string of the molecule is COc1cc(I)c(Cn2cncn2)cc1OC. The highest BCUT2D eigenvalue weighted by Gasteiger charge is 2.09. The van der Waals surface area contributed by atoms with Crippen LogP contribution in [-0.2, 0) is 6.54 Å². The van der Waals surface area contributed by atoms with Crippen LogP contribution in [0, 0.1) is 3.57 Å². The highest BCUT2D eigenvalue weighted by molar-refractivity contribution is 14.1. The van der Waals surface area contributed by atoms with Crippen molar-refractivity contribution in [1.82, 2.24) is 14.8 Å². The van der Waals surface area contributed by atoms with Crippen LogP contribution in [0.3, 0.4) is 0 Å². The van der Waals surface area contributed by atoms with Crippen LogP contribution in [0.5, 0.6) is 11.5 Å². The van der Waals surface area contributed by atoms with Gasteiger partial charge in [-0.2, -0.15) is 5.10 Å². The third-order valence-corrected chi connectivity index (χ3v) is 3.36. The Morgan fingerprint density at radius 2 is 1.94 bits per heavy atom. The van der Waals surface area contributed by atoms with Crippen molar-refractivity contribution in [1.29, 1.82) is 0 Å². The molecule has 0 aliphatic carbocycles. The van der Waals surface area contributed by atoms with Crippen LogP contribution in [0.25, 0.3) is 0 Å². The van der Waals surface area contributed by atoms with Gasteiger partial charge in [0.25, 0.3) is 0 Å². The Hall–Kier alpha value is -1.31. The predicted molar refractivity (Wildman–Crippen MR) is 71.4 cm³/mol. The highest BCUT2D eigenvalue weighted by atomic mass is 127. The largest absolute Gasteiger partial charge is 0.493 e. The molecule has 0 amide bonds. The normalized spacial score (nSPS) is 10.3. The van der Waals surface area contributed by atoms with E-state index in [4.69, 9.17) is 9.47 Å². The monoisotopic (exact) mass is 345 g/mol. The molecule has 0 fully saturated rings. The first kappa shape index (κ1) is 12.2. The van der Waals surface area contributed by atoms with Crippen molar-refractivity contribution in [3.63, 3.8) is 0 Å². The van der Waals surface area contributed by atoms with E-state index >= 15 is 0 Å². The zero-order valence-electron chi connectivity index (χ0n) is 9.55. The third kappa shape index (κ3) is 2.68. The predicted octanol–water partition coefficient (Wildman–Crippen LogP) is 1.95. The Labute approximate surface area is 113 Å². The van der Waals surface area contributed by atoms with Crippen molar-refractivity contribution in [3.8, 4) is 11.5 Å². The minimum absolute atomic E-state index is 0.665. The summed E-state index contributed by atoms with van der Waals surface area (Å²) < 4.78 is 13.4. The van der Waals surface area contributed by atoms with E-state index in [1.807, 2.05) is 12.1 Å². The number of benzene rings is 1. The van der Waals surface area contributed by atoms with E-state index in [1.165, 1.54) is 6.33 Å². The summed E-state index contributed by atoms with van der Waals surface area (Å²) in [6.07, 6.45) is 3.21. The van der Waals surface area contributed by atoms with Gasteiger partial charge in [0.1, 0.15) is 12.7 Å². The van der Waals surface area contributed by atoms with Crippen LogP contribution in [0.4, 0.5) is 0 Å². The second kappa shape index (κ2) is 5.35. The Bertz CT molecular complexity index is 500. The number of rotatable bonds is 4. The lowest BCUT2D eigenvalue weighted by atomic mass is 10.2. The highest BCUT2D eigenvalue weighted by Crippen LogP contribution is 2.31. The maximum absolute atomic E-state index is 5.28. The van der Waals surface area contributed by atoms with E-state index in [-0.39, 0.29) is 0 Å². The van der Waals surface area contributed by atoms with Crippen LogP contribution in [-0.4, -0.2) is 29.0 Å². The lowest BCUT2D eigenvalue weighted by molar-refractivity contribution is 0.354. The molecule has 0 N–H and O–H groups in total. The summed E-state index contributed by atoms with van der Waals surface area (Å²) in [7, 11) is 3.26. The van der Waals surface area contributed by atoms with Crippen molar-refractivity contribution in [2.75, 3.05) is 14.2 Å². The summed E-state index contributed by atoms with van der Waals surface area (Å²) in [6.45, 7) is 0.665. The molecule has 1 heterocycles. The third-order valence-electron chi connectivity index (χ3n) is 2.35. The van der Waals surface area contributed by atoms with Gasteiger partial charge >= 0.3 is 0 Å². The van der Waals surface area contributed by atoms with E-state index in [9.17, 15) is 0 Å². The number of halogens is 1. The molecule has 2 aromatic rings. The zero-order valence-corrected chi connectivity index (χ0v) is 11.7. The Balaban J connectivity index is 2.34. The molecule has 2 rings (SSSR count). The quantitative estimate of drug-likeness (QED) is 0.795. The van der Waals surface area contributed by atoms with Crippen LogP contribution in [0.1, 0.15) is 5.56 Å². The minimum Gasteiger partial charge on any atom is -0.493 e. The van der Waals surface area contributed by atoms with Gasteiger partial charge < -0.3 is 9.47 Å². The van der Waals surface area contributed by atoms with E-state index in [0.717, 1.165) is 20.6 Å². The maximum atomic E-state index is 5.28. The summed E-state index contributed by atoms with van der Waals surface area (Å²) in [4.78, 5) is 3.92. The molecule has 0 aliphatic heterocycles. The first-order valence-electron chi connectivity index (χ1n) is 4.97. The first-order valence-corrected chi connectivity index (χ1v) is 6.05. The van der Waals surface area contributed by atoms with Crippen molar-refractivity contribution < 1.29 is 9.47 Å². The molecule has 0 radical (unpaired) electrons. The zero-order chi connectivity index (χ0) is 12.3. The molecule has 0 atom stereocenters. The van der Waals surface area contributed by atoms with Crippen molar-refractivity contribution in [3.05, 3.63) is 33.9 Å². The van der Waals surface area contributed by atoms with E-state index < -0.39 is 0 Å². The van der Waals surface area contributed by atoms with Gasteiger partial charge in [0.15, 0.2) is 11.5 Å². The average Bonchev–Trinajstić information content (AvgIpc) is 2.84. The maximum Gasteiger partial charge on any atom is 0.161 e. The molecule has 0 aliphatic rings. The Morgan fingerprint density at radius 1 is 1.24 bits per heavy atom. The first-order chi connectivity index (χ1) is 8.24. The molecule has 0 spiro atoms. The molecule has 0 saturated carbocycles. The molecule has 1 aromatic carbocycles. The van der Waals surface area contributed by atoms with Gasteiger partial charge in [-0.1, -0.05) is 0 Å². The van der Waals surface area contributed by atoms with Gasteiger partial charge in [0.05, 0.1) is 20.8 Å². The Morgan fingerprint density at radius 3 is 2.53 bits per heavy atom. The smallest absolute Gasteiger partial charge is 0.161 e. The summed E-state index contributed by atoms with van der Waals surface area (Å²) in [5.41, 5.74) is 1.12. The molecule has 0 unspecified atom stereocenters. The van der Waals surface area contributed by atoms with Crippen LogP contribution in [0.2, 0.25) is 0 Å². The fourth-order valence-electron chi connectivity index (χ4n) is 1.51. The van der Waals surface area contributed by atoms with E-state index in [0.29, 0.717) is 6.54 Å². The second-order valence-electron chi connectivity index (χ2n) is 3.39. The number of hydrogen-bond acceptors (Lipinski definition) is 4. The van der Waals surface area contributed by atoms with Gasteiger partial charge in [0, 0.05) is 3.57 Å². The van der Waals surface area contributed by atoms with Crippen molar-refractivity contribution >= 4 is 22.6 Å². The van der Waals surface area contributed by atoms with Crippen LogP contribution < -0.4 is 9.47 Å². The molecule has 5 nitrogen and oxygen atoms in total. The number of nitrogens with zero attached hydrogens (tertiary/aromatic N) is 3. The summed E-state index contributed by atoms with van der Waals surface area (Å²) in [5.74, 6) is 1.46. The summed E-state index contributed by atoms with van der Waals surface area (Å²) in [6, 6.07) is 3.91. The standard InChI is InChI=1S/C11H12IN3O2/c1-16-10-3-8(5-15-7-13-6-14-15)9(12)4-11(10)17-2/h3-4,6-7H,5H2,1-2H3. The number of ether oxygens (including phenoxy) is 2. The minimum atomic E-state index is 0.665. The number of methoxy groups -OCH3 is 2. The van der Waals surface area contributed by atoms with Gasteiger partial charge in [-0.15, -0.1) is 0 Å². The topological polar surface area (TPSA) is 49.2 Å². The molecule has 1 aromatic heterocycles. The van der Waals surface area contributed by atoms with E-state index in [2.05, 4.69) is 32.7 Å². The second-order valence-corrected chi connectivity index (χ2v) is 4.55. The lowest BCUT2D eigenvalue weighted by Crippen LogP contribution is -2.03. The molecule has 0 saturated heterocycles. The van der Waals surface area contributed by atoms with Gasteiger partial charge in [-0.3, -0.25) is 0 Å². The average molecular weight is 345 g/mol. The molecule has 90 valence electrons. The van der Waals surface area contributed by atoms with Crippen molar-refractivity contribution in [2.24, 2.45) is 0 Å². The van der Waals surface area contributed by atoms with Gasteiger partial charge in [-0.05, 0) is 40.3 Å². The van der Waals surface area contributed by atoms with Crippen LogP contribution in [0.15, 0.2) is 24.8 Å². The summed E-state index contributed by atoms with van der Waals surface area (Å²) >= 11 is 2.27. The lowest BCUT2D eigenvalue weighted by Gasteiger charge is -2.11. The molecule has 6 heteroatoms. The fraction of sp³-hybridized carbons (Fsp3) is 0.273. The Kier molecular flexibility index (Phi) is 3.82. The summed E-state index contributed by atoms with van der Waals surface area (Å²) in [5, 5.41) is 4.08. The number of aromatic nitrogens is 3. The number of hydrogen-bond donors (Lipinski definition) is 0. The molecule has 17 heavy (non-hydrogen) atoms. The van der Waals surface area contributed by atoms with Crippen LogP contribution >= 0.6 is 22.6 Å². The fourth-order valence-corrected chi connectivity index (χ4v) is 2.12. The van der Waals surface area contributed by atoms with Gasteiger partial charge in [-0.25, -0.2) is 9.67 Å². The van der Waals surface area contributed by atoms with Gasteiger partial charge in [0.2, 0.25) is 0 Å².